The van der Waals surface area contributed by atoms with Crippen molar-refractivity contribution in [3.63, 3.8) is 0 Å². The SMILES string of the molecule is CC(=O)[C@@]12CC[C@@H](c3cc(-c4c(F)cccc4F)nnc31)C2(C)C.CC1(C)[C@H]2CC[C@]1(C(=O)CBr)c1nnc(-c3c(F)cccc3F)cc12.CC1(C)[C@H]2CC[C@]1(C(=O)CN(CCO)Cc1ccccc1)c1nnc(-c3c(F)cccc3F)cc12.CC1(C)[C@H]2CC[C@]1(C(O)CN(CCO)Cc1ccccc1)c1nnc(-c3c(F)cccc3F)cc12. The van der Waals surface area contributed by atoms with Gasteiger partial charge >= 0.3 is 0 Å². The maximum absolute atomic E-state index is 14.5. The Morgan fingerprint density at radius 2 is 0.706 bits per heavy atom. The number of carbonyl (C=O) groups excluding carboxylic acids is 3. The van der Waals surface area contributed by atoms with Crippen molar-refractivity contribution in [3.05, 3.63) is 260 Å². The summed E-state index contributed by atoms with van der Waals surface area (Å²) in [7, 11) is 0. The van der Waals surface area contributed by atoms with E-state index >= 15 is 0 Å². The van der Waals surface area contributed by atoms with Gasteiger partial charge in [0.1, 0.15) is 52.3 Å². The van der Waals surface area contributed by atoms with Crippen molar-refractivity contribution in [2.75, 3.05) is 44.7 Å². The molecule has 4 saturated carbocycles. The van der Waals surface area contributed by atoms with Gasteiger partial charge in [-0.3, -0.25) is 24.2 Å². The van der Waals surface area contributed by atoms with E-state index < -0.39 is 79.7 Å². The Kier molecular flexibility index (Phi) is 22.7. The minimum atomic E-state index is -0.823. The molecule has 0 aliphatic heterocycles. The van der Waals surface area contributed by atoms with Crippen LogP contribution in [-0.2, 0) is 49.1 Å². The Hall–Kier alpha value is -9.63. The predicted octanol–water partition coefficient (Wildman–Crippen LogP) is 17.8. The normalized spacial score (nSPS) is 24.0. The van der Waals surface area contributed by atoms with Crippen molar-refractivity contribution in [1.29, 1.82) is 0 Å². The molecule has 25 heteroatoms. The van der Waals surface area contributed by atoms with Crippen LogP contribution in [0.3, 0.4) is 0 Å². The number of aliphatic hydroxyl groups excluding tert-OH is 3. The highest BCUT2D eigenvalue weighted by Crippen LogP contribution is 2.72. The summed E-state index contributed by atoms with van der Waals surface area (Å²) in [6.45, 7) is 20.9. The Bertz CT molecular complexity index is 5530. The number of rotatable bonds is 21. The second kappa shape index (κ2) is 32.1. The van der Waals surface area contributed by atoms with Crippen molar-refractivity contribution in [2.24, 2.45) is 21.7 Å². The number of Topliss-reactive ketones (excluding diaryl/α,β-unsaturated/α-hetero) is 3. The van der Waals surface area contributed by atoms with E-state index in [4.69, 9.17) is 0 Å². The van der Waals surface area contributed by atoms with Crippen LogP contribution in [0.25, 0.3) is 45.0 Å². The quantitative estimate of drug-likeness (QED) is 0.0450. The molecule has 0 spiro atoms. The fourth-order valence-corrected chi connectivity index (χ4v) is 23.3. The van der Waals surface area contributed by atoms with Crippen LogP contribution in [0.4, 0.5) is 35.1 Å². The Labute approximate surface area is 694 Å². The molecule has 3 N–H and O–H groups in total. The predicted molar refractivity (Wildman–Crippen MR) is 437 cm³/mol. The number of carbonyl (C=O) groups is 3. The molecule has 0 saturated heterocycles. The summed E-state index contributed by atoms with van der Waals surface area (Å²) in [6, 6.07) is 41.8. The van der Waals surface area contributed by atoms with Crippen LogP contribution in [0, 0.1) is 68.2 Å². The number of alkyl halides is 1. The number of aromatic nitrogens is 8. The topological polar surface area (TPSA) is 221 Å². The van der Waals surface area contributed by atoms with Crippen LogP contribution in [0.5, 0.6) is 0 Å². The number of aliphatic hydroxyl groups is 3. The lowest BCUT2D eigenvalue weighted by Gasteiger charge is -2.43. The Morgan fingerprint density at radius 3 is 1.07 bits per heavy atom. The third-order valence-electron chi connectivity index (χ3n) is 28.9. The molecule has 119 heavy (non-hydrogen) atoms. The lowest BCUT2D eigenvalue weighted by Crippen LogP contribution is -2.51. The van der Waals surface area contributed by atoms with Gasteiger partial charge < -0.3 is 15.3 Å². The number of fused-ring (bicyclic) bond motifs is 20. The summed E-state index contributed by atoms with van der Waals surface area (Å²) in [5.74, 6) is -4.68. The molecule has 4 heterocycles. The van der Waals surface area contributed by atoms with E-state index in [0.717, 1.165) is 84.0 Å². The smallest absolute Gasteiger partial charge is 0.159 e. The number of nitrogens with zero attached hydrogens (tertiary/aromatic N) is 10. The monoisotopic (exact) mass is 1690 g/mol. The van der Waals surface area contributed by atoms with Crippen LogP contribution in [-0.4, -0.2) is 134 Å². The largest absolute Gasteiger partial charge is 0.395 e. The summed E-state index contributed by atoms with van der Waals surface area (Å²) < 4.78 is 114. The van der Waals surface area contributed by atoms with Gasteiger partial charge in [-0.25, -0.2) is 35.1 Å². The fourth-order valence-electron chi connectivity index (χ4n) is 22.8. The van der Waals surface area contributed by atoms with Crippen LogP contribution < -0.4 is 0 Å². The van der Waals surface area contributed by atoms with E-state index in [1.54, 1.807) is 31.2 Å². The number of hydrogen-bond acceptors (Lipinski definition) is 16. The minimum absolute atomic E-state index is 0.00741. The number of benzene rings is 6. The van der Waals surface area contributed by atoms with E-state index in [1.165, 1.54) is 72.8 Å². The van der Waals surface area contributed by atoms with Crippen molar-refractivity contribution >= 4 is 33.3 Å². The minimum Gasteiger partial charge on any atom is -0.395 e. The summed E-state index contributed by atoms with van der Waals surface area (Å²) in [4.78, 5) is 43.3. The van der Waals surface area contributed by atoms with E-state index in [-0.39, 0.29) is 127 Å². The van der Waals surface area contributed by atoms with Gasteiger partial charge in [-0.1, -0.05) is 156 Å². The van der Waals surface area contributed by atoms with Gasteiger partial charge in [0.15, 0.2) is 11.6 Å². The average Bonchev–Trinajstić information content (AvgIpc) is 1.54. The highest BCUT2D eigenvalue weighted by atomic mass is 79.9. The molecular formula is C94H95BrF8N10O6. The highest BCUT2D eigenvalue weighted by molar-refractivity contribution is 9.09. The highest BCUT2D eigenvalue weighted by Gasteiger charge is 2.70. The van der Waals surface area contributed by atoms with Gasteiger partial charge in [0, 0.05) is 38.1 Å². The first-order chi connectivity index (χ1) is 56.7. The molecule has 9 atom stereocenters. The molecule has 1 unspecified atom stereocenters. The number of hydrogen-bond donors (Lipinski definition) is 3. The van der Waals surface area contributed by atoms with E-state index in [9.17, 15) is 64.8 Å². The molecule has 16 nitrogen and oxygen atoms in total. The second-order valence-corrected chi connectivity index (χ2v) is 35.9. The molecule has 8 aliphatic rings. The Balaban J connectivity index is 0.000000126. The third kappa shape index (κ3) is 13.4. The zero-order valence-corrected chi connectivity index (χ0v) is 69.4. The maximum Gasteiger partial charge on any atom is 0.159 e. The lowest BCUT2D eigenvalue weighted by atomic mass is 9.65. The summed E-state index contributed by atoms with van der Waals surface area (Å²) in [6.07, 6.45) is 5.59. The molecule has 4 aromatic heterocycles. The van der Waals surface area contributed by atoms with Crippen molar-refractivity contribution < 1.29 is 64.8 Å². The van der Waals surface area contributed by atoms with Gasteiger partial charge in [-0.05, 0) is 210 Å². The molecular weight excluding hydrogens is 1600 g/mol. The molecule has 6 aromatic carbocycles. The van der Waals surface area contributed by atoms with Crippen LogP contribution in [0.1, 0.15) is 194 Å². The molecule has 0 radical (unpaired) electrons. The van der Waals surface area contributed by atoms with Crippen molar-refractivity contribution in [3.8, 4) is 45.0 Å². The summed E-state index contributed by atoms with van der Waals surface area (Å²) in [5, 5.41) is 65.5. The molecule has 8 bridgehead atoms. The first-order valence-corrected chi connectivity index (χ1v) is 41.7. The maximum atomic E-state index is 14.5. The van der Waals surface area contributed by atoms with Crippen LogP contribution in [0.15, 0.2) is 158 Å². The van der Waals surface area contributed by atoms with Crippen molar-refractivity contribution in [1.82, 2.24) is 50.6 Å². The number of halogens is 9. The first kappa shape index (κ1) is 84.4. The summed E-state index contributed by atoms with van der Waals surface area (Å²) in [5.41, 5.74) is 4.47. The number of ketones is 3. The molecule has 4 fully saturated rings. The van der Waals surface area contributed by atoms with Gasteiger partial charge in [-0.2, -0.15) is 25.5 Å². The van der Waals surface area contributed by atoms with Gasteiger partial charge in [0.25, 0.3) is 0 Å². The zero-order valence-electron chi connectivity index (χ0n) is 67.9. The van der Waals surface area contributed by atoms with E-state index in [1.807, 2.05) is 65.6 Å². The molecule has 0 amide bonds. The van der Waals surface area contributed by atoms with Gasteiger partial charge in [-0.15, -0.1) is 15.3 Å². The second-order valence-electron chi connectivity index (χ2n) is 35.4. The molecule has 8 aliphatic carbocycles. The van der Waals surface area contributed by atoms with E-state index in [2.05, 4.69) is 117 Å². The Morgan fingerprint density at radius 1 is 0.403 bits per heavy atom. The third-order valence-corrected chi connectivity index (χ3v) is 29.4. The van der Waals surface area contributed by atoms with Gasteiger partial charge in [0.05, 0.1) is 115 Å². The lowest BCUT2D eigenvalue weighted by molar-refractivity contribution is -0.129. The fraction of sp³-hybridized carbons (Fsp3) is 0.415. The van der Waals surface area contributed by atoms with Gasteiger partial charge in [0.2, 0.25) is 0 Å². The first-order valence-electron chi connectivity index (χ1n) is 40.6. The van der Waals surface area contributed by atoms with Crippen LogP contribution in [0.2, 0.25) is 0 Å². The van der Waals surface area contributed by atoms with E-state index in [0.29, 0.717) is 56.2 Å². The molecule has 620 valence electrons. The molecule has 18 rings (SSSR count). The van der Waals surface area contributed by atoms with Crippen molar-refractivity contribution in [2.45, 2.75) is 178 Å². The average molecular weight is 1690 g/mol. The standard InChI is InChI=1S/C28H31F2N3O2.C28H29F2N3O2.C19H17BrF2N2O.C19H18F2N2O/c2*1-27(2)20-11-12-28(27,24(35)17-33(13-14-34)16-18-7-4-3-5-8-18)26-19(20)15-23(31-32-26)25-21(29)9-6-10-22(25)30;1-18(2)11-6-7-19(18,15(25)9-20)17-10(11)8-14(23-24-17)16-12(21)4-3-5-13(16)22;1-10(24)19-8-7-12(18(19,2)3)11-9-15(22-23-17(11)19)16-13(20)5-4-6-14(16)21/h3-10,15,20,24,34-35H,11-14,16-17H2,1-2H3;3-10,15,20,34H,11-14,16-17H2,1-2H3;3-5,8,11H,6-7,9H2,1-2H3;4-6,9,12H,7-8H2,1-3H3/t20-,24?,28-;20-,28-;11-,19-;12-,19-/m0000/s1. The molecule has 10 aromatic rings. The zero-order chi connectivity index (χ0) is 84.8. The summed E-state index contributed by atoms with van der Waals surface area (Å²) >= 11 is 3.30. The van der Waals surface area contributed by atoms with Crippen LogP contribution >= 0.6 is 15.9 Å².